The molecule has 2 N–H and O–H groups in total. The summed E-state index contributed by atoms with van der Waals surface area (Å²) >= 11 is 1.16. The van der Waals surface area contributed by atoms with Gasteiger partial charge in [-0.15, -0.1) is 11.3 Å². The highest BCUT2D eigenvalue weighted by Gasteiger charge is 2.15. The number of thiazole rings is 1. The van der Waals surface area contributed by atoms with Crippen LogP contribution < -0.4 is 10.0 Å². The van der Waals surface area contributed by atoms with Gasteiger partial charge in [-0.2, -0.15) is 0 Å². The Morgan fingerprint density at radius 3 is 2.38 bits per heavy atom. The van der Waals surface area contributed by atoms with E-state index in [1.807, 2.05) is 0 Å². The van der Waals surface area contributed by atoms with Gasteiger partial charge >= 0.3 is 0 Å². The molecule has 11 heteroatoms. The average molecular weight is 430 g/mol. The van der Waals surface area contributed by atoms with Crippen LogP contribution in [-0.2, 0) is 14.8 Å². The van der Waals surface area contributed by atoms with E-state index in [1.54, 1.807) is 5.38 Å². The third-order valence-corrected chi connectivity index (χ3v) is 5.79. The number of carbonyl (C=O) groups excluding carboxylic acids is 1. The summed E-state index contributed by atoms with van der Waals surface area (Å²) in [5.74, 6) is -0.431. The molecule has 9 nitrogen and oxygen atoms in total. The molecule has 3 rings (SSSR count). The van der Waals surface area contributed by atoms with Crippen molar-refractivity contribution in [3.05, 3.63) is 81.9 Å². The first-order valence-corrected chi connectivity index (χ1v) is 10.5. The molecule has 3 aromatic rings. The van der Waals surface area contributed by atoms with Crippen LogP contribution in [-0.4, -0.2) is 24.2 Å². The van der Waals surface area contributed by atoms with E-state index in [9.17, 15) is 23.3 Å². The maximum Gasteiger partial charge on any atom is 0.269 e. The zero-order valence-corrected chi connectivity index (χ0v) is 16.3. The van der Waals surface area contributed by atoms with Crippen molar-refractivity contribution in [1.29, 1.82) is 0 Å². The van der Waals surface area contributed by atoms with Crippen LogP contribution >= 0.6 is 11.3 Å². The Bertz CT molecular complexity index is 1140. The predicted octanol–water partition coefficient (Wildman–Crippen LogP) is 3.50. The Labute approximate surface area is 169 Å². The van der Waals surface area contributed by atoms with Crippen molar-refractivity contribution >= 4 is 49.8 Å². The smallest absolute Gasteiger partial charge is 0.269 e. The number of aromatic nitrogens is 1. The van der Waals surface area contributed by atoms with E-state index in [1.165, 1.54) is 66.9 Å². The number of benzene rings is 2. The lowest BCUT2D eigenvalue weighted by Gasteiger charge is -2.07. The molecule has 29 heavy (non-hydrogen) atoms. The van der Waals surface area contributed by atoms with E-state index in [2.05, 4.69) is 15.0 Å². The predicted molar refractivity (Wildman–Crippen MR) is 110 cm³/mol. The lowest BCUT2D eigenvalue weighted by atomic mass is 10.2. The van der Waals surface area contributed by atoms with Gasteiger partial charge in [-0.05, 0) is 48.0 Å². The molecule has 0 saturated carbocycles. The number of hydrogen-bond donors (Lipinski definition) is 2. The van der Waals surface area contributed by atoms with E-state index in [4.69, 9.17) is 0 Å². The number of non-ortho nitro benzene ring substituents is 1. The standard InChI is InChI=1S/C18H14N4O5S2/c23-17(10-3-13-1-6-15(7-2-13)22(24)25)20-14-4-8-16(9-5-14)29(26,27)21-18-19-11-12-28-18/h1-12H,(H,19,21)(H,20,23)/b10-3+. The Morgan fingerprint density at radius 1 is 1.10 bits per heavy atom. The van der Waals surface area contributed by atoms with Crippen LogP contribution in [0.4, 0.5) is 16.5 Å². The zero-order chi connectivity index (χ0) is 20.9. The van der Waals surface area contributed by atoms with E-state index >= 15 is 0 Å². The number of hydrogen-bond acceptors (Lipinski definition) is 7. The van der Waals surface area contributed by atoms with Crippen LogP contribution in [0.2, 0.25) is 0 Å². The highest BCUT2D eigenvalue weighted by Crippen LogP contribution is 2.19. The minimum atomic E-state index is -3.76. The molecule has 0 aliphatic heterocycles. The average Bonchev–Trinajstić information content (AvgIpc) is 3.19. The van der Waals surface area contributed by atoms with Gasteiger partial charge < -0.3 is 5.32 Å². The molecular formula is C18H14N4O5S2. The first-order valence-electron chi connectivity index (χ1n) is 8.09. The molecule has 0 spiro atoms. The number of nitro groups is 1. The third kappa shape index (κ3) is 5.46. The van der Waals surface area contributed by atoms with Crippen LogP contribution in [0.5, 0.6) is 0 Å². The van der Waals surface area contributed by atoms with Crippen LogP contribution in [0.15, 0.2) is 71.1 Å². The van der Waals surface area contributed by atoms with Crippen molar-refractivity contribution < 1.29 is 18.1 Å². The van der Waals surface area contributed by atoms with Crippen LogP contribution in [0.25, 0.3) is 6.08 Å². The van der Waals surface area contributed by atoms with Crippen molar-refractivity contribution in [3.8, 4) is 0 Å². The molecule has 0 fully saturated rings. The minimum Gasteiger partial charge on any atom is -0.323 e. The fraction of sp³-hybridized carbons (Fsp3) is 0. The fourth-order valence-electron chi connectivity index (χ4n) is 2.23. The largest absolute Gasteiger partial charge is 0.323 e. The van der Waals surface area contributed by atoms with Gasteiger partial charge in [0.25, 0.3) is 15.7 Å². The Hall–Kier alpha value is -3.57. The molecule has 0 atom stereocenters. The number of amides is 1. The summed E-state index contributed by atoms with van der Waals surface area (Å²) in [6.07, 6.45) is 4.27. The second-order valence-electron chi connectivity index (χ2n) is 5.64. The molecule has 148 valence electrons. The molecule has 0 aliphatic carbocycles. The van der Waals surface area contributed by atoms with E-state index in [-0.39, 0.29) is 15.7 Å². The third-order valence-electron chi connectivity index (χ3n) is 3.62. The monoisotopic (exact) mass is 430 g/mol. The summed E-state index contributed by atoms with van der Waals surface area (Å²) < 4.78 is 26.9. The second-order valence-corrected chi connectivity index (χ2v) is 8.22. The molecule has 0 unspecified atom stereocenters. The molecular weight excluding hydrogens is 416 g/mol. The van der Waals surface area contributed by atoms with Gasteiger partial charge in [0, 0.05) is 35.5 Å². The molecule has 2 aromatic carbocycles. The van der Waals surface area contributed by atoms with E-state index in [0.29, 0.717) is 11.3 Å². The molecule has 0 bridgehead atoms. The number of anilines is 2. The first-order chi connectivity index (χ1) is 13.8. The summed E-state index contributed by atoms with van der Waals surface area (Å²) in [6, 6.07) is 11.4. The van der Waals surface area contributed by atoms with E-state index < -0.39 is 20.9 Å². The number of rotatable bonds is 7. The number of sulfonamides is 1. The number of nitrogens with one attached hydrogen (secondary N) is 2. The normalized spacial score (nSPS) is 11.3. The number of nitrogens with zero attached hydrogens (tertiary/aromatic N) is 2. The SMILES string of the molecule is O=C(/C=C/c1ccc([N+](=O)[O-])cc1)Nc1ccc(S(=O)(=O)Nc2nccs2)cc1. The lowest BCUT2D eigenvalue weighted by Crippen LogP contribution is -2.13. The van der Waals surface area contributed by atoms with Gasteiger partial charge in [0.2, 0.25) is 5.91 Å². The van der Waals surface area contributed by atoms with Crippen molar-refractivity contribution in [2.24, 2.45) is 0 Å². The maximum absolute atomic E-state index is 12.3. The zero-order valence-electron chi connectivity index (χ0n) is 14.7. The van der Waals surface area contributed by atoms with Gasteiger partial charge in [0.05, 0.1) is 9.82 Å². The van der Waals surface area contributed by atoms with Crippen molar-refractivity contribution in [1.82, 2.24) is 4.98 Å². The fourth-order valence-corrected chi connectivity index (χ4v) is 4.02. The van der Waals surface area contributed by atoms with Gasteiger partial charge in [-0.1, -0.05) is 0 Å². The Balaban J connectivity index is 1.61. The Morgan fingerprint density at radius 2 is 1.79 bits per heavy atom. The van der Waals surface area contributed by atoms with Crippen molar-refractivity contribution in [2.75, 3.05) is 10.0 Å². The topological polar surface area (TPSA) is 131 Å². The maximum atomic E-state index is 12.3. The molecule has 1 heterocycles. The van der Waals surface area contributed by atoms with E-state index in [0.717, 1.165) is 11.3 Å². The van der Waals surface area contributed by atoms with Gasteiger partial charge in [-0.3, -0.25) is 19.6 Å². The number of nitro benzene ring substituents is 1. The van der Waals surface area contributed by atoms with Gasteiger partial charge in [0.15, 0.2) is 5.13 Å². The summed E-state index contributed by atoms with van der Waals surface area (Å²) in [7, 11) is -3.76. The highest BCUT2D eigenvalue weighted by atomic mass is 32.2. The highest BCUT2D eigenvalue weighted by molar-refractivity contribution is 7.93. The van der Waals surface area contributed by atoms with Crippen LogP contribution in [0.1, 0.15) is 5.56 Å². The Kier molecular flexibility index (Phi) is 6.00. The summed E-state index contributed by atoms with van der Waals surface area (Å²) in [4.78, 5) is 26.0. The quantitative estimate of drug-likeness (QED) is 0.335. The number of carbonyl (C=O) groups is 1. The second kappa shape index (κ2) is 8.63. The minimum absolute atomic E-state index is 0.0344. The van der Waals surface area contributed by atoms with Crippen molar-refractivity contribution in [2.45, 2.75) is 4.90 Å². The van der Waals surface area contributed by atoms with Crippen LogP contribution in [0.3, 0.4) is 0 Å². The summed E-state index contributed by atoms with van der Waals surface area (Å²) in [5, 5.41) is 15.1. The summed E-state index contributed by atoms with van der Waals surface area (Å²) in [5.41, 5.74) is 1.00. The van der Waals surface area contributed by atoms with Gasteiger partial charge in [-0.25, -0.2) is 13.4 Å². The lowest BCUT2D eigenvalue weighted by molar-refractivity contribution is -0.384. The molecule has 1 aromatic heterocycles. The van der Waals surface area contributed by atoms with Crippen LogP contribution in [0, 0.1) is 10.1 Å². The molecule has 0 saturated heterocycles. The van der Waals surface area contributed by atoms with Crippen molar-refractivity contribution in [3.63, 3.8) is 0 Å². The van der Waals surface area contributed by atoms with Gasteiger partial charge in [0.1, 0.15) is 0 Å². The first kappa shape index (κ1) is 20.2. The molecule has 0 aliphatic rings. The summed E-state index contributed by atoms with van der Waals surface area (Å²) in [6.45, 7) is 0. The molecule has 0 radical (unpaired) electrons. The molecule has 1 amide bonds.